The van der Waals surface area contributed by atoms with Crippen LogP contribution in [0.3, 0.4) is 0 Å². The van der Waals surface area contributed by atoms with Gasteiger partial charge in [0.05, 0.1) is 17.3 Å². The molecule has 0 aliphatic carbocycles. The van der Waals surface area contributed by atoms with Crippen molar-refractivity contribution in [1.82, 2.24) is 15.2 Å². The second-order valence-electron chi connectivity index (χ2n) is 7.56. The molecule has 1 aromatic carbocycles. The Kier molecular flexibility index (Phi) is 8.34. The first-order valence-electron chi connectivity index (χ1n) is 9.39. The molecule has 7 nitrogen and oxygen atoms in total. The maximum atomic E-state index is 12.8. The molecule has 1 heterocycles. The number of urea groups is 1. The largest absolute Gasteiger partial charge is 0.446 e. The molecule has 0 saturated heterocycles. The number of nitrogens with one attached hydrogen (secondary N) is 2. The van der Waals surface area contributed by atoms with Crippen molar-refractivity contribution in [2.24, 2.45) is 11.8 Å². The van der Waals surface area contributed by atoms with Crippen LogP contribution < -0.4 is 10.6 Å². The Labute approximate surface area is 180 Å². The summed E-state index contributed by atoms with van der Waals surface area (Å²) in [5.74, 6) is 0.514. The predicted molar refractivity (Wildman–Crippen MR) is 114 cm³/mol. The Morgan fingerprint density at radius 3 is 2.52 bits per heavy atom. The summed E-state index contributed by atoms with van der Waals surface area (Å²) < 4.78 is 5.41. The minimum atomic E-state index is -0.355. The third-order valence-corrected chi connectivity index (χ3v) is 4.37. The molecule has 0 bridgehead atoms. The van der Waals surface area contributed by atoms with E-state index in [9.17, 15) is 9.59 Å². The van der Waals surface area contributed by atoms with Crippen molar-refractivity contribution in [1.29, 1.82) is 0 Å². The lowest BCUT2D eigenvalue weighted by Crippen LogP contribution is -2.37. The molecule has 1 aromatic heterocycles. The topological polar surface area (TPSA) is 87.5 Å². The summed E-state index contributed by atoms with van der Waals surface area (Å²) in [6.07, 6.45) is 1.30. The molecule has 2 N–H and O–H groups in total. The Bertz CT molecular complexity index is 852. The number of hydrogen-bond donors (Lipinski definition) is 2. The minimum Gasteiger partial charge on any atom is -0.446 e. The van der Waals surface area contributed by atoms with Crippen LogP contribution in [0.4, 0.5) is 10.5 Å². The molecule has 0 atom stereocenters. The third kappa shape index (κ3) is 7.25. The fraction of sp³-hybridized carbons (Fsp3) is 0.450. The van der Waals surface area contributed by atoms with E-state index in [2.05, 4.69) is 15.6 Å². The fourth-order valence-electron chi connectivity index (χ4n) is 2.48. The average Bonchev–Trinajstić information content (AvgIpc) is 3.09. The summed E-state index contributed by atoms with van der Waals surface area (Å²) in [6.45, 7) is 9.13. The number of hydrogen-bond acceptors (Lipinski definition) is 4. The number of anilines is 1. The van der Waals surface area contributed by atoms with Crippen molar-refractivity contribution in [3.05, 3.63) is 46.1 Å². The van der Waals surface area contributed by atoms with Gasteiger partial charge >= 0.3 is 6.03 Å². The first-order chi connectivity index (χ1) is 13.7. The molecular formula is C20H26Cl2N4O3. The molecule has 0 radical (unpaired) electrons. The zero-order chi connectivity index (χ0) is 21.6. The van der Waals surface area contributed by atoms with Gasteiger partial charge in [-0.1, -0.05) is 50.9 Å². The van der Waals surface area contributed by atoms with Gasteiger partial charge in [0.1, 0.15) is 6.26 Å². The molecule has 0 aliphatic heterocycles. The minimum absolute atomic E-state index is 0.118. The van der Waals surface area contributed by atoms with Crippen LogP contribution in [0.5, 0.6) is 0 Å². The van der Waals surface area contributed by atoms with Crippen LogP contribution in [-0.2, 0) is 6.54 Å². The van der Waals surface area contributed by atoms with Gasteiger partial charge in [0.15, 0.2) is 5.69 Å². The standard InChI is InChI=1S/C20H26Cl2N4O3/c1-12(2)8-23-19(27)17-11-29-18(24-17)10-26(9-13(3)4)20(28)25-16-6-5-14(21)7-15(16)22/h5-7,11-13H,8-10H2,1-4H3,(H,23,27)(H,25,28). The van der Waals surface area contributed by atoms with Crippen molar-refractivity contribution in [3.63, 3.8) is 0 Å². The highest BCUT2D eigenvalue weighted by atomic mass is 35.5. The summed E-state index contributed by atoms with van der Waals surface area (Å²) in [4.78, 5) is 30.7. The number of oxazole rings is 1. The van der Waals surface area contributed by atoms with Gasteiger partial charge in [-0.3, -0.25) is 4.79 Å². The maximum absolute atomic E-state index is 12.8. The fourth-order valence-corrected chi connectivity index (χ4v) is 2.94. The lowest BCUT2D eigenvalue weighted by Gasteiger charge is -2.23. The quantitative estimate of drug-likeness (QED) is 0.600. The summed E-state index contributed by atoms with van der Waals surface area (Å²) in [5.41, 5.74) is 0.641. The lowest BCUT2D eigenvalue weighted by atomic mass is 10.2. The van der Waals surface area contributed by atoms with Crippen LogP contribution in [0.25, 0.3) is 0 Å². The molecule has 0 saturated carbocycles. The number of rotatable bonds is 8. The van der Waals surface area contributed by atoms with Gasteiger partial charge in [0.2, 0.25) is 5.89 Å². The van der Waals surface area contributed by atoms with Gasteiger partial charge < -0.3 is 20.0 Å². The molecule has 3 amide bonds. The van der Waals surface area contributed by atoms with Crippen LogP contribution in [0.15, 0.2) is 28.9 Å². The van der Waals surface area contributed by atoms with E-state index in [1.165, 1.54) is 6.26 Å². The van der Waals surface area contributed by atoms with Gasteiger partial charge in [-0.15, -0.1) is 0 Å². The van der Waals surface area contributed by atoms with Crippen LogP contribution >= 0.6 is 23.2 Å². The number of aromatic nitrogens is 1. The lowest BCUT2D eigenvalue weighted by molar-refractivity contribution is 0.0944. The molecule has 2 aromatic rings. The summed E-state index contributed by atoms with van der Waals surface area (Å²) in [5, 5.41) is 6.38. The van der Waals surface area contributed by atoms with Crippen molar-refractivity contribution in [3.8, 4) is 0 Å². The molecule has 2 rings (SSSR count). The van der Waals surface area contributed by atoms with E-state index in [-0.39, 0.29) is 36.0 Å². The number of carbonyl (C=O) groups excluding carboxylic acids is 2. The summed E-state index contributed by atoms with van der Waals surface area (Å²) in [6, 6.07) is 4.48. The number of amides is 3. The van der Waals surface area contributed by atoms with Crippen molar-refractivity contribution in [2.45, 2.75) is 34.2 Å². The third-order valence-electron chi connectivity index (χ3n) is 3.83. The van der Waals surface area contributed by atoms with E-state index in [4.69, 9.17) is 27.6 Å². The highest BCUT2D eigenvalue weighted by Gasteiger charge is 2.20. The Morgan fingerprint density at radius 2 is 1.90 bits per heavy atom. The normalized spacial score (nSPS) is 11.0. The SMILES string of the molecule is CC(C)CNC(=O)c1coc(CN(CC(C)C)C(=O)Nc2ccc(Cl)cc2Cl)n1. The first-order valence-corrected chi connectivity index (χ1v) is 10.1. The smallest absolute Gasteiger partial charge is 0.322 e. The second kappa shape index (κ2) is 10.5. The van der Waals surface area contributed by atoms with Gasteiger partial charge in [-0.2, -0.15) is 0 Å². The first kappa shape index (κ1) is 23.0. The molecule has 9 heteroatoms. The Hall–Kier alpha value is -2.25. The van der Waals surface area contributed by atoms with Crippen molar-refractivity contribution in [2.75, 3.05) is 18.4 Å². The monoisotopic (exact) mass is 440 g/mol. The van der Waals surface area contributed by atoms with Crippen molar-refractivity contribution < 1.29 is 14.0 Å². The van der Waals surface area contributed by atoms with Gasteiger partial charge in [0, 0.05) is 18.1 Å². The van der Waals surface area contributed by atoms with Crippen LogP contribution in [0, 0.1) is 11.8 Å². The van der Waals surface area contributed by atoms with Crippen LogP contribution in [0.2, 0.25) is 10.0 Å². The Balaban J connectivity index is 2.08. The molecule has 29 heavy (non-hydrogen) atoms. The number of halogens is 2. The van der Waals surface area contributed by atoms with E-state index >= 15 is 0 Å². The summed E-state index contributed by atoms with van der Waals surface area (Å²) >= 11 is 12.0. The molecule has 158 valence electrons. The average molecular weight is 441 g/mol. The van der Waals surface area contributed by atoms with E-state index < -0.39 is 0 Å². The van der Waals surface area contributed by atoms with Crippen molar-refractivity contribution >= 4 is 40.8 Å². The highest BCUT2D eigenvalue weighted by Crippen LogP contribution is 2.26. The van der Waals surface area contributed by atoms with Gasteiger partial charge in [0.25, 0.3) is 5.91 Å². The zero-order valence-corrected chi connectivity index (χ0v) is 18.5. The molecule has 0 unspecified atom stereocenters. The second-order valence-corrected chi connectivity index (χ2v) is 8.40. The van der Waals surface area contributed by atoms with Crippen LogP contribution in [0.1, 0.15) is 44.1 Å². The predicted octanol–water partition coefficient (Wildman–Crippen LogP) is 5.06. The molecular weight excluding hydrogens is 415 g/mol. The maximum Gasteiger partial charge on any atom is 0.322 e. The van der Waals surface area contributed by atoms with E-state index in [0.29, 0.717) is 34.7 Å². The zero-order valence-electron chi connectivity index (χ0n) is 17.0. The summed E-state index contributed by atoms with van der Waals surface area (Å²) in [7, 11) is 0. The highest BCUT2D eigenvalue weighted by molar-refractivity contribution is 6.36. The van der Waals surface area contributed by atoms with E-state index in [0.717, 1.165) is 0 Å². The van der Waals surface area contributed by atoms with Gasteiger partial charge in [-0.25, -0.2) is 9.78 Å². The number of carbonyl (C=O) groups is 2. The number of nitrogens with zero attached hydrogens (tertiary/aromatic N) is 2. The molecule has 0 spiro atoms. The Morgan fingerprint density at radius 1 is 1.17 bits per heavy atom. The molecule has 0 fully saturated rings. The number of benzene rings is 1. The van der Waals surface area contributed by atoms with E-state index in [1.807, 2.05) is 27.7 Å². The molecule has 0 aliphatic rings. The van der Waals surface area contributed by atoms with Crippen LogP contribution in [-0.4, -0.2) is 34.9 Å². The van der Waals surface area contributed by atoms with Gasteiger partial charge in [-0.05, 0) is 30.0 Å². The van der Waals surface area contributed by atoms with E-state index in [1.54, 1.807) is 23.1 Å².